The van der Waals surface area contributed by atoms with Crippen LogP contribution in [0.5, 0.6) is 0 Å². The van der Waals surface area contributed by atoms with Gasteiger partial charge in [-0.3, -0.25) is 4.79 Å². The van der Waals surface area contributed by atoms with Gasteiger partial charge >= 0.3 is 0 Å². The van der Waals surface area contributed by atoms with Crippen LogP contribution in [0.25, 0.3) is 0 Å². The van der Waals surface area contributed by atoms with E-state index in [0.717, 1.165) is 25.1 Å². The van der Waals surface area contributed by atoms with E-state index in [1.807, 2.05) is 29.2 Å². The highest BCUT2D eigenvalue weighted by Gasteiger charge is 2.25. The number of aliphatic hydroxyl groups is 1. The monoisotopic (exact) mass is 257 g/mol. The second-order valence-electron chi connectivity index (χ2n) is 4.97. The Morgan fingerprint density at radius 3 is 2.95 bits per heavy atom. The maximum atomic E-state index is 12.5. The van der Waals surface area contributed by atoms with E-state index in [9.17, 15) is 4.79 Å². The highest BCUT2D eigenvalue weighted by Crippen LogP contribution is 2.19. The van der Waals surface area contributed by atoms with Crippen molar-refractivity contribution in [2.24, 2.45) is 5.92 Å². The van der Waals surface area contributed by atoms with Gasteiger partial charge in [-0.15, -0.1) is 0 Å². The van der Waals surface area contributed by atoms with E-state index in [-0.39, 0.29) is 12.5 Å². The predicted octanol–water partition coefficient (Wildman–Crippen LogP) is 1.90. The Kier molecular flexibility index (Phi) is 4.59. The van der Waals surface area contributed by atoms with Crippen LogP contribution in [-0.4, -0.2) is 35.6 Å². The van der Waals surface area contributed by atoms with Crippen LogP contribution in [0, 0.1) is 17.8 Å². The zero-order chi connectivity index (χ0) is 13.7. The first kappa shape index (κ1) is 13.6. The van der Waals surface area contributed by atoms with Gasteiger partial charge in [-0.1, -0.05) is 30.9 Å². The van der Waals surface area contributed by atoms with Crippen molar-refractivity contribution in [1.82, 2.24) is 4.90 Å². The van der Waals surface area contributed by atoms with Crippen molar-refractivity contribution in [3.63, 3.8) is 0 Å². The molecule has 3 nitrogen and oxygen atoms in total. The topological polar surface area (TPSA) is 40.5 Å². The van der Waals surface area contributed by atoms with E-state index in [4.69, 9.17) is 5.11 Å². The number of nitrogens with zero attached hydrogens (tertiary/aromatic N) is 1. The first-order chi connectivity index (χ1) is 9.22. The van der Waals surface area contributed by atoms with Crippen LogP contribution in [0.4, 0.5) is 0 Å². The Morgan fingerprint density at radius 1 is 1.47 bits per heavy atom. The van der Waals surface area contributed by atoms with Crippen molar-refractivity contribution in [2.45, 2.75) is 19.8 Å². The molecule has 1 aliphatic heterocycles. The van der Waals surface area contributed by atoms with Gasteiger partial charge in [-0.05, 0) is 24.5 Å². The summed E-state index contributed by atoms with van der Waals surface area (Å²) in [5.41, 5.74) is 1.42. The fraction of sp³-hybridized carbons (Fsp3) is 0.438. The van der Waals surface area contributed by atoms with E-state index in [2.05, 4.69) is 18.8 Å². The Labute approximate surface area is 114 Å². The number of carbonyl (C=O) groups is 1. The van der Waals surface area contributed by atoms with Crippen LogP contribution in [0.3, 0.4) is 0 Å². The molecule has 1 saturated heterocycles. The van der Waals surface area contributed by atoms with Gasteiger partial charge in [0.2, 0.25) is 0 Å². The molecule has 1 atom stereocenters. The van der Waals surface area contributed by atoms with Gasteiger partial charge in [0, 0.05) is 25.1 Å². The molecule has 1 amide bonds. The average Bonchev–Trinajstić information content (AvgIpc) is 2.85. The van der Waals surface area contributed by atoms with Crippen molar-refractivity contribution in [2.75, 3.05) is 19.7 Å². The fourth-order valence-corrected chi connectivity index (χ4v) is 2.28. The number of likely N-dealkylation sites (tertiary alicyclic amines) is 1. The van der Waals surface area contributed by atoms with Gasteiger partial charge in [0.1, 0.15) is 0 Å². The molecule has 0 aliphatic carbocycles. The number of benzene rings is 1. The number of hydrogen-bond donors (Lipinski definition) is 1. The van der Waals surface area contributed by atoms with Crippen molar-refractivity contribution >= 4 is 5.91 Å². The number of amides is 1. The summed E-state index contributed by atoms with van der Waals surface area (Å²) >= 11 is 0. The molecule has 1 N–H and O–H groups in total. The van der Waals surface area contributed by atoms with Gasteiger partial charge in [0.05, 0.1) is 12.2 Å². The lowest BCUT2D eigenvalue weighted by atomic mass is 10.1. The van der Waals surface area contributed by atoms with Gasteiger partial charge < -0.3 is 10.0 Å². The van der Waals surface area contributed by atoms with Crippen molar-refractivity contribution in [3.05, 3.63) is 35.4 Å². The third-order valence-corrected chi connectivity index (χ3v) is 3.33. The molecule has 100 valence electrons. The Bertz CT molecular complexity index is 513. The number of rotatable bonds is 2. The molecule has 1 fully saturated rings. The summed E-state index contributed by atoms with van der Waals surface area (Å²) in [7, 11) is 0. The molecule has 3 heteroatoms. The van der Waals surface area contributed by atoms with Crippen LogP contribution in [-0.2, 0) is 0 Å². The molecule has 0 aromatic heterocycles. The summed E-state index contributed by atoms with van der Waals surface area (Å²) in [4.78, 5) is 14.4. The maximum absolute atomic E-state index is 12.5. The summed E-state index contributed by atoms with van der Waals surface area (Å²) in [6.45, 7) is 3.88. The molecule has 1 aromatic carbocycles. The lowest BCUT2D eigenvalue weighted by Crippen LogP contribution is -2.29. The largest absolute Gasteiger partial charge is 0.395 e. The van der Waals surface area contributed by atoms with E-state index >= 15 is 0 Å². The molecule has 1 aliphatic rings. The van der Waals surface area contributed by atoms with Crippen LogP contribution < -0.4 is 0 Å². The predicted molar refractivity (Wildman–Crippen MR) is 74.7 cm³/mol. The minimum absolute atomic E-state index is 0.0484. The van der Waals surface area contributed by atoms with Gasteiger partial charge in [-0.2, -0.15) is 0 Å². The first-order valence-corrected chi connectivity index (χ1v) is 6.70. The quantitative estimate of drug-likeness (QED) is 0.822. The third kappa shape index (κ3) is 3.36. The zero-order valence-corrected chi connectivity index (χ0v) is 11.2. The van der Waals surface area contributed by atoms with Gasteiger partial charge in [0.15, 0.2) is 0 Å². The van der Waals surface area contributed by atoms with Gasteiger partial charge in [-0.25, -0.2) is 0 Å². The molecule has 19 heavy (non-hydrogen) atoms. The highest BCUT2D eigenvalue weighted by atomic mass is 16.2. The van der Waals surface area contributed by atoms with Crippen LogP contribution in [0.2, 0.25) is 0 Å². The molecule has 0 saturated carbocycles. The molecule has 2 rings (SSSR count). The van der Waals surface area contributed by atoms with Crippen LogP contribution in [0.15, 0.2) is 24.3 Å². The van der Waals surface area contributed by atoms with E-state index < -0.39 is 0 Å². The second kappa shape index (κ2) is 6.40. The summed E-state index contributed by atoms with van der Waals surface area (Å²) in [6, 6.07) is 7.43. The zero-order valence-electron chi connectivity index (χ0n) is 11.2. The molecule has 0 bridgehead atoms. The lowest BCUT2D eigenvalue weighted by molar-refractivity contribution is 0.0788. The van der Waals surface area contributed by atoms with Crippen molar-refractivity contribution in [3.8, 4) is 11.8 Å². The summed E-state index contributed by atoms with van der Waals surface area (Å²) < 4.78 is 0. The first-order valence-electron chi connectivity index (χ1n) is 6.70. The molecule has 1 heterocycles. The average molecular weight is 257 g/mol. The third-order valence-electron chi connectivity index (χ3n) is 3.33. The number of hydrogen-bond acceptors (Lipinski definition) is 2. The summed E-state index contributed by atoms with van der Waals surface area (Å²) in [6.07, 6.45) is 1.51. The van der Waals surface area contributed by atoms with E-state index in [1.54, 1.807) is 0 Å². The highest BCUT2D eigenvalue weighted by molar-refractivity contribution is 5.96. The van der Waals surface area contributed by atoms with Crippen LogP contribution in [0.1, 0.15) is 35.7 Å². The lowest BCUT2D eigenvalue weighted by Gasteiger charge is -2.16. The minimum atomic E-state index is 0.0484. The number of carbonyl (C=O) groups excluding carboxylic acids is 1. The minimum Gasteiger partial charge on any atom is -0.395 e. The summed E-state index contributed by atoms with van der Waals surface area (Å²) in [5.74, 6) is 6.50. The molecule has 1 unspecified atom stereocenters. The van der Waals surface area contributed by atoms with Gasteiger partial charge in [0.25, 0.3) is 5.91 Å². The Balaban J connectivity index is 2.20. The van der Waals surface area contributed by atoms with Crippen molar-refractivity contribution < 1.29 is 9.90 Å². The Morgan fingerprint density at radius 2 is 2.26 bits per heavy atom. The van der Waals surface area contributed by atoms with E-state index in [0.29, 0.717) is 17.9 Å². The Hall–Kier alpha value is -1.79. The molecule has 0 spiro atoms. The molecule has 1 aromatic rings. The van der Waals surface area contributed by atoms with E-state index in [1.165, 1.54) is 0 Å². The molecular weight excluding hydrogens is 238 g/mol. The standard InChI is InChI=1S/C16H19NO2/c1-13-9-10-17(12-13)16(19)15-8-3-2-6-14(15)7-4-5-11-18/h2-3,6,8,13,18H,5,9-12H2,1H3. The summed E-state index contributed by atoms with van der Waals surface area (Å²) in [5, 5.41) is 8.75. The smallest absolute Gasteiger partial charge is 0.255 e. The second-order valence-corrected chi connectivity index (χ2v) is 4.97. The SMILES string of the molecule is CC1CCN(C(=O)c2ccccc2C#CCCO)C1. The molecular formula is C16H19NO2. The number of aliphatic hydroxyl groups excluding tert-OH is 1. The normalized spacial score (nSPS) is 18.0. The fourth-order valence-electron chi connectivity index (χ4n) is 2.28. The maximum Gasteiger partial charge on any atom is 0.255 e. The van der Waals surface area contributed by atoms with Crippen LogP contribution >= 0.6 is 0 Å². The van der Waals surface area contributed by atoms with Crippen molar-refractivity contribution in [1.29, 1.82) is 0 Å². The molecule has 0 radical (unpaired) electrons.